The molecule has 0 saturated heterocycles. The molecule has 1 heterocycles. The Balaban J connectivity index is 2.82. The van der Waals surface area contributed by atoms with Gasteiger partial charge in [-0.1, -0.05) is 0 Å². The molecule has 1 atom stereocenters. The highest BCUT2D eigenvalue weighted by Crippen LogP contribution is 2.05. The molecule has 0 spiro atoms. The molecule has 0 aliphatic rings. The van der Waals surface area contributed by atoms with Crippen molar-refractivity contribution in [3.05, 3.63) is 18.2 Å². The number of aromatic nitrogens is 2. The fourth-order valence-electron chi connectivity index (χ4n) is 1.22. The van der Waals surface area contributed by atoms with E-state index in [4.69, 9.17) is 0 Å². The third-order valence-electron chi connectivity index (χ3n) is 2.08. The summed E-state index contributed by atoms with van der Waals surface area (Å²) in [6, 6.07) is -0.979. The van der Waals surface area contributed by atoms with Crippen molar-refractivity contribution in [1.82, 2.24) is 9.55 Å². The number of hydrogen-bond donors (Lipinski definition) is 0. The van der Waals surface area contributed by atoms with Gasteiger partial charge in [0.1, 0.15) is 6.33 Å². The second kappa shape index (κ2) is 5.72. The standard InChI is InChI=1S/C10H11N3O4/c1-7(15)13-4-8(11-5-13)3-9(12-6-14)10(16)17-2/h4-5,9H,3H2,1-2H3. The molecule has 0 bridgehead atoms. The van der Waals surface area contributed by atoms with Gasteiger partial charge in [0.2, 0.25) is 12.0 Å². The number of aliphatic imine (C=N–C) groups is 1. The van der Waals surface area contributed by atoms with Crippen LogP contribution in [0, 0.1) is 0 Å². The van der Waals surface area contributed by atoms with Crippen molar-refractivity contribution in [1.29, 1.82) is 0 Å². The lowest BCUT2D eigenvalue weighted by Gasteiger charge is -2.05. The zero-order valence-electron chi connectivity index (χ0n) is 9.41. The number of imidazole rings is 1. The van der Waals surface area contributed by atoms with Crippen LogP contribution >= 0.6 is 0 Å². The first-order valence-electron chi connectivity index (χ1n) is 4.77. The fraction of sp³-hybridized carbons (Fsp3) is 0.400. The molecule has 90 valence electrons. The summed E-state index contributed by atoms with van der Waals surface area (Å²) in [4.78, 5) is 39.7. The zero-order chi connectivity index (χ0) is 12.8. The summed E-state index contributed by atoms with van der Waals surface area (Å²) in [6.07, 6.45) is 4.19. The van der Waals surface area contributed by atoms with Gasteiger partial charge in [0, 0.05) is 19.5 Å². The van der Waals surface area contributed by atoms with Crippen molar-refractivity contribution in [3.63, 3.8) is 0 Å². The second-order valence-electron chi connectivity index (χ2n) is 3.25. The Morgan fingerprint density at radius 3 is 2.82 bits per heavy atom. The molecule has 7 heteroatoms. The highest BCUT2D eigenvalue weighted by atomic mass is 16.5. The van der Waals surface area contributed by atoms with Crippen LogP contribution < -0.4 is 0 Å². The lowest BCUT2D eigenvalue weighted by molar-refractivity contribution is -0.142. The number of esters is 1. The van der Waals surface area contributed by atoms with E-state index < -0.39 is 12.0 Å². The Morgan fingerprint density at radius 2 is 2.35 bits per heavy atom. The van der Waals surface area contributed by atoms with E-state index in [1.807, 2.05) is 0 Å². The van der Waals surface area contributed by atoms with Crippen LogP contribution in [0.5, 0.6) is 0 Å². The number of methoxy groups -OCH3 is 1. The lowest BCUT2D eigenvalue weighted by Crippen LogP contribution is -2.22. The highest BCUT2D eigenvalue weighted by Gasteiger charge is 2.20. The molecule has 17 heavy (non-hydrogen) atoms. The SMILES string of the molecule is COC(=O)C(Cc1cn(C(C)=O)cn1)N=C=O. The topological polar surface area (TPSA) is 90.6 Å². The van der Waals surface area contributed by atoms with Crippen LogP contribution in [0.4, 0.5) is 0 Å². The Labute approximate surface area is 97.1 Å². The Hall–Kier alpha value is -2.27. The summed E-state index contributed by atoms with van der Waals surface area (Å²) < 4.78 is 5.75. The van der Waals surface area contributed by atoms with Gasteiger partial charge in [-0.25, -0.2) is 14.6 Å². The average molecular weight is 237 g/mol. The van der Waals surface area contributed by atoms with E-state index in [2.05, 4.69) is 14.7 Å². The molecule has 0 amide bonds. The maximum Gasteiger partial charge on any atom is 0.331 e. The smallest absolute Gasteiger partial charge is 0.331 e. The summed E-state index contributed by atoms with van der Waals surface area (Å²) in [6.45, 7) is 1.38. The van der Waals surface area contributed by atoms with Gasteiger partial charge in [-0.05, 0) is 0 Å². The van der Waals surface area contributed by atoms with Gasteiger partial charge in [0.05, 0.1) is 12.8 Å². The number of hydrogen-bond acceptors (Lipinski definition) is 6. The minimum Gasteiger partial charge on any atom is -0.467 e. The third-order valence-corrected chi connectivity index (χ3v) is 2.08. The second-order valence-corrected chi connectivity index (χ2v) is 3.25. The summed E-state index contributed by atoms with van der Waals surface area (Å²) in [5, 5.41) is 0. The van der Waals surface area contributed by atoms with Crippen molar-refractivity contribution in [3.8, 4) is 0 Å². The normalized spacial score (nSPS) is 11.4. The number of isocyanates is 1. The molecule has 1 rings (SSSR count). The summed E-state index contributed by atoms with van der Waals surface area (Å²) in [7, 11) is 1.20. The van der Waals surface area contributed by atoms with E-state index in [1.165, 1.54) is 37.2 Å². The van der Waals surface area contributed by atoms with E-state index in [-0.39, 0.29) is 12.3 Å². The maximum atomic E-state index is 11.3. The molecule has 1 aromatic heterocycles. The van der Waals surface area contributed by atoms with Gasteiger partial charge < -0.3 is 4.74 Å². The molecule has 0 aliphatic carbocycles. The van der Waals surface area contributed by atoms with Crippen LogP contribution in [0.3, 0.4) is 0 Å². The fourth-order valence-corrected chi connectivity index (χ4v) is 1.22. The highest BCUT2D eigenvalue weighted by molar-refractivity contribution is 5.77. The van der Waals surface area contributed by atoms with E-state index in [1.54, 1.807) is 0 Å². The summed E-state index contributed by atoms with van der Waals surface area (Å²) in [5.41, 5.74) is 0.467. The number of rotatable bonds is 4. The average Bonchev–Trinajstić information content (AvgIpc) is 2.76. The van der Waals surface area contributed by atoms with Crippen LogP contribution in [-0.2, 0) is 20.7 Å². The summed E-state index contributed by atoms with van der Waals surface area (Å²) >= 11 is 0. The predicted octanol–water partition coefficient (Wildman–Crippen LogP) is -0.0369. The van der Waals surface area contributed by atoms with Gasteiger partial charge in [0.15, 0.2) is 6.04 Å². The Bertz CT molecular complexity index is 474. The molecule has 1 aromatic rings. The summed E-state index contributed by atoms with van der Waals surface area (Å²) in [5.74, 6) is -0.844. The quantitative estimate of drug-likeness (QED) is 0.416. The lowest BCUT2D eigenvalue weighted by atomic mass is 10.2. The van der Waals surface area contributed by atoms with Crippen molar-refractivity contribution in [2.45, 2.75) is 19.4 Å². The van der Waals surface area contributed by atoms with E-state index in [0.717, 1.165) is 0 Å². The van der Waals surface area contributed by atoms with Gasteiger partial charge >= 0.3 is 5.97 Å². The molecular weight excluding hydrogens is 226 g/mol. The van der Waals surface area contributed by atoms with Crippen LogP contribution in [0.2, 0.25) is 0 Å². The first-order chi connectivity index (χ1) is 8.08. The first kappa shape index (κ1) is 12.8. The Kier molecular flexibility index (Phi) is 4.30. The van der Waals surface area contributed by atoms with Crippen molar-refractivity contribution >= 4 is 18.0 Å². The van der Waals surface area contributed by atoms with E-state index in [0.29, 0.717) is 5.69 Å². The van der Waals surface area contributed by atoms with Gasteiger partial charge in [-0.15, -0.1) is 0 Å². The van der Waals surface area contributed by atoms with E-state index >= 15 is 0 Å². The molecule has 1 unspecified atom stereocenters. The first-order valence-corrected chi connectivity index (χ1v) is 4.77. The van der Waals surface area contributed by atoms with Crippen LogP contribution in [0.15, 0.2) is 17.5 Å². The van der Waals surface area contributed by atoms with Crippen molar-refractivity contribution < 1.29 is 19.1 Å². The number of carbonyl (C=O) groups excluding carboxylic acids is 3. The molecule has 0 aromatic carbocycles. The maximum absolute atomic E-state index is 11.3. The largest absolute Gasteiger partial charge is 0.467 e. The zero-order valence-corrected chi connectivity index (χ0v) is 9.41. The third kappa shape index (κ3) is 3.35. The monoisotopic (exact) mass is 237 g/mol. The molecule has 0 saturated carbocycles. The molecule has 7 nitrogen and oxygen atoms in total. The van der Waals surface area contributed by atoms with Gasteiger partial charge in [-0.2, -0.15) is 4.99 Å². The van der Waals surface area contributed by atoms with Crippen LogP contribution in [0.1, 0.15) is 17.4 Å². The number of ether oxygens (including phenoxy) is 1. The number of nitrogens with zero attached hydrogens (tertiary/aromatic N) is 3. The minimum atomic E-state index is -0.979. The molecular formula is C10H11N3O4. The molecule has 0 N–H and O–H groups in total. The molecule has 0 fully saturated rings. The van der Waals surface area contributed by atoms with E-state index in [9.17, 15) is 14.4 Å². The minimum absolute atomic E-state index is 0.0855. The Morgan fingerprint density at radius 1 is 1.65 bits per heavy atom. The van der Waals surface area contributed by atoms with Crippen LogP contribution in [0.25, 0.3) is 0 Å². The van der Waals surface area contributed by atoms with Crippen molar-refractivity contribution in [2.75, 3.05) is 7.11 Å². The molecule has 0 radical (unpaired) electrons. The van der Waals surface area contributed by atoms with Gasteiger partial charge in [-0.3, -0.25) is 9.36 Å². The predicted molar refractivity (Wildman–Crippen MR) is 56.2 cm³/mol. The molecule has 0 aliphatic heterocycles. The number of carbonyl (C=O) groups is 2. The van der Waals surface area contributed by atoms with Crippen molar-refractivity contribution in [2.24, 2.45) is 4.99 Å². The van der Waals surface area contributed by atoms with Crippen LogP contribution in [-0.4, -0.2) is 40.7 Å². The van der Waals surface area contributed by atoms with Gasteiger partial charge in [0.25, 0.3) is 0 Å².